The summed E-state index contributed by atoms with van der Waals surface area (Å²) in [5.41, 5.74) is 2.13. The molecule has 0 aliphatic heterocycles. The molecule has 0 aliphatic rings. The largest absolute Gasteiger partial charge is 0.447 e. The average molecular weight is 417 g/mol. The number of rotatable bonds is 6. The zero-order chi connectivity index (χ0) is 21.8. The van der Waals surface area contributed by atoms with Crippen LogP contribution in [-0.2, 0) is 9.53 Å². The van der Waals surface area contributed by atoms with Crippen LogP contribution in [0.3, 0.4) is 0 Å². The Morgan fingerprint density at radius 2 is 1.74 bits per heavy atom. The summed E-state index contributed by atoms with van der Waals surface area (Å²) >= 11 is 0. The zero-order valence-electron chi connectivity index (χ0n) is 16.9. The van der Waals surface area contributed by atoms with Gasteiger partial charge in [-0.2, -0.15) is 0 Å². The molecule has 2 aromatic heterocycles. The first-order valence-corrected chi connectivity index (χ1v) is 9.54. The van der Waals surface area contributed by atoms with Gasteiger partial charge in [0.25, 0.3) is 11.7 Å². The van der Waals surface area contributed by atoms with Crippen LogP contribution in [0.2, 0.25) is 0 Å². The first-order chi connectivity index (χ1) is 15.0. The second kappa shape index (κ2) is 8.62. The Morgan fingerprint density at radius 3 is 2.39 bits per heavy atom. The number of aromatic nitrogens is 4. The lowest BCUT2D eigenvalue weighted by atomic mass is 10.2. The molecule has 0 saturated heterocycles. The lowest BCUT2D eigenvalue weighted by Crippen LogP contribution is -2.30. The van der Waals surface area contributed by atoms with Crippen molar-refractivity contribution in [2.45, 2.75) is 20.0 Å². The van der Waals surface area contributed by atoms with E-state index >= 15 is 0 Å². The minimum absolute atomic E-state index is 0.155. The number of carbonyl (C=O) groups is 2. The number of nitrogens with one attached hydrogen (secondary N) is 1. The van der Waals surface area contributed by atoms with Gasteiger partial charge in [-0.05, 0) is 26.0 Å². The number of carbonyl (C=O) groups excluding carboxylic acids is 2. The lowest BCUT2D eigenvalue weighted by Gasteiger charge is -2.10. The summed E-state index contributed by atoms with van der Waals surface area (Å²) in [6.45, 7) is 3.17. The van der Waals surface area contributed by atoms with Crippen molar-refractivity contribution in [3.8, 4) is 17.1 Å². The summed E-state index contributed by atoms with van der Waals surface area (Å²) in [7, 11) is 0. The van der Waals surface area contributed by atoms with E-state index in [1.54, 1.807) is 17.7 Å². The van der Waals surface area contributed by atoms with Crippen molar-refractivity contribution in [2.75, 3.05) is 5.32 Å². The first kappa shape index (κ1) is 20.0. The maximum atomic E-state index is 12.7. The molecule has 4 aromatic rings. The van der Waals surface area contributed by atoms with Crippen LogP contribution in [0.1, 0.15) is 23.2 Å². The number of ether oxygens (including phenoxy) is 1. The molecule has 0 aliphatic carbocycles. The molecule has 2 heterocycles. The molecule has 9 nitrogen and oxygen atoms in total. The summed E-state index contributed by atoms with van der Waals surface area (Å²) < 4.78 is 11.8. The molecule has 1 unspecified atom stereocenters. The quantitative estimate of drug-likeness (QED) is 0.478. The van der Waals surface area contributed by atoms with Crippen molar-refractivity contribution in [3.63, 3.8) is 0 Å². The highest BCUT2D eigenvalue weighted by Gasteiger charge is 2.25. The normalized spacial score (nSPS) is 11.7. The van der Waals surface area contributed by atoms with Crippen LogP contribution in [0.4, 0.5) is 5.88 Å². The SMILES string of the molecule is Cc1cc(NC(=O)C(C)OC(=O)c2nc(-c3ccccc3)n(-c3ccccc3)n2)on1. The number of aryl methyl sites for hydroxylation is 1. The van der Waals surface area contributed by atoms with Gasteiger partial charge in [0, 0.05) is 11.6 Å². The van der Waals surface area contributed by atoms with E-state index in [0.29, 0.717) is 11.5 Å². The molecule has 0 bridgehead atoms. The fourth-order valence-corrected chi connectivity index (χ4v) is 2.83. The summed E-state index contributed by atoms with van der Waals surface area (Å²) in [6, 6.07) is 20.2. The van der Waals surface area contributed by atoms with Crippen LogP contribution < -0.4 is 5.32 Å². The monoisotopic (exact) mass is 417 g/mol. The highest BCUT2D eigenvalue weighted by molar-refractivity contribution is 5.95. The predicted molar refractivity (Wildman–Crippen MR) is 112 cm³/mol. The number of hydrogen-bond donors (Lipinski definition) is 1. The second-order valence-corrected chi connectivity index (χ2v) is 6.74. The van der Waals surface area contributed by atoms with E-state index in [-0.39, 0.29) is 11.7 Å². The average Bonchev–Trinajstić information content (AvgIpc) is 3.41. The van der Waals surface area contributed by atoms with Gasteiger partial charge in [-0.25, -0.2) is 14.5 Å². The van der Waals surface area contributed by atoms with Gasteiger partial charge in [-0.1, -0.05) is 53.7 Å². The summed E-state index contributed by atoms with van der Waals surface area (Å²) in [5, 5.41) is 10.5. The Hall–Kier alpha value is -4.27. The highest BCUT2D eigenvalue weighted by atomic mass is 16.5. The molecule has 0 radical (unpaired) electrons. The number of hydrogen-bond acceptors (Lipinski definition) is 7. The third kappa shape index (κ3) is 4.50. The molecular weight excluding hydrogens is 398 g/mol. The molecule has 1 amide bonds. The van der Waals surface area contributed by atoms with Crippen molar-refractivity contribution < 1.29 is 18.8 Å². The van der Waals surface area contributed by atoms with Crippen LogP contribution >= 0.6 is 0 Å². The van der Waals surface area contributed by atoms with Gasteiger partial charge in [0.2, 0.25) is 5.88 Å². The highest BCUT2D eigenvalue weighted by Crippen LogP contribution is 2.21. The van der Waals surface area contributed by atoms with E-state index in [1.807, 2.05) is 60.7 Å². The molecule has 1 N–H and O–H groups in total. The van der Waals surface area contributed by atoms with Crippen LogP contribution in [-0.4, -0.2) is 37.9 Å². The van der Waals surface area contributed by atoms with Crippen LogP contribution in [0.25, 0.3) is 17.1 Å². The third-order valence-corrected chi connectivity index (χ3v) is 4.35. The van der Waals surface area contributed by atoms with Gasteiger partial charge in [-0.3, -0.25) is 10.1 Å². The number of nitrogens with zero attached hydrogens (tertiary/aromatic N) is 4. The van der Waals surface area contributed by atoms with Gasteiger partial charge >= 0.3 is 5.97 Å². The van der Waals surface area contributed by atoms with E-state index in [4.69, 9.17) is 9.26 Å². The third-order valence-electron chi connectivity index (χ3n) is 4.35. The van der Waals surface area contributed by atoms with Crippen LogP contribution in [0.5, 0.6) is 0 Å². The minimum Gasteiger partial charge on any atom is -0.447 e. The predicted octanol–water partition coefficient (Wildman–Crippen LogP) is 3.41. The lowest BCUT2D eigenvalue weighted by molar-refractivity contribution is -0.124. The molecule has 0 fully saturated rings. The molecule has 31 heavy (non-hydrogen) atoms. The first-order valence-electron chi connectivity index (χ1n) is 9.54. The van der Waals surface area contributed by atoms with E-state index in [9.17, 15) is 9.59 Å². The number of anilines is 1. The zero-order valence-corrected chi connectivity index (χ0v) is 16.9. The molecule has 2 aromatic carbocycles. The van der Waals surface area contributed by atoms with Crippen molar-refractivity contribution in [2.24, 2.45) is 0 Å². The van der Waals surface area contributed by atoms with E-state index in [1.165, 1.54) is 6.92 Å². The minimum atomic E-state index is -1.10. The Morgan fingerprint density at radius 1 is 1.06 bits per heavy atom. The van der Waals surface area contributed by atoms with E-state index in [0.717, 1.165) is 11.3 Å². The molecule has 1 atom stereocenters. The maximum Gasteiger partial charge on any atom is 0.379 e. The Bertz CT molecular complexity index is 1140. The Balaban J connectivity index is 1.56. The summed E-state index contributed by atoms with van der Waals surface area (Å²) in [6.07, 6.45) is -1.10. The fourth-order valence-electron chi connectivity index (χ4n) is 2.83. The van der Waals surface area contributed by atoms with Crippen LogP contribution in [0.15, 0.2) is 71.3 Å². The van der Waals surface area contributed by atoms with Gasteiger partial charge in [-0.15, -0.1) is 5.10 Å². The van der Waals surface area contributed by atoms with E-state index < -0.39 is 18.0 Å². The number of amides is 1. The van der Waals surface area contributed by atoms with Gasteiger partial charge in [0.05, 0.1) is 11.4 Å². The van der Waals surface area contributed by atoms with Gasteiger partial charge in [0.1, 0.15) is 0 Å². The van der Waals surface area contributed by atoms with Crippen molar-refractivity contribution in [3.05, 3.63) is 78.2 Å². The maximum absolute atomic E-state index is 12.7. The number of benzene rings is 2. The standard InChI is InChI=1S/C22H19N5O4/c1-14-13-18(31-26-14)23-21(28)15(2)30-22(29)19-24-20(16-9-5-3-6-10-16)27(25-19)17-11-7-4-8-12-17/h3-13,15H,1-2H3,(H,23,28). The molecule has 156 valence electrons. The Kier molecular flexibility index (Phi) is 5.57. The topological polar surface area (TPSA) is 112 Å². The van der Waals surface area contributed by atoms with Gasteiger partial charge in [0.15, 0.2) is 11.9 Å². The Labute approximate surface area is 177 Å². The number of esters is 1. The summed E-state index contributed by atoms with van der Waals surface area (Å²) in [5.74, 6) is -0.882. The van der Waals surface area contributed by atoms with Crippen molar-refractivity contribution >= 4 is 17.8 Å². The molecule has 0 saturated carbocycles. The second-order valence-electron chi connectivity index (χ2n) is 6.74. The molecule has 4 rings (SSSR count). The fraction of sp³-hybridized carbons (Fsp3) is 0.136. The molecule has 0 spiro atoms. The van der Waals surface area contributed by atoms with E-state index in [2.05, 4.69) is 20.6 Å². The van der Waals surface area contributed by atoms with Crippen molar-refractivity contribution in [1.82, 2.24) is 19.9 Å². The number of para-hydroxylation sites is 1. The molecule has 9 heteroatoms. The van der Waals surface area contributed by atoms with Gasteiger partial charge < -0.3 is 9.26 Å². The summed E-state index contributed by atoms with van der Waals surface area (Å²) in [4.78, 5) is 29.3. The van der Waals surface area contributed by atoms with Crippen molar-refractivity contribution in [1.29, 1.82) is 0 Å². The molecular formula is C22H19N5O4. The van der Waals surface area contributed by atoms with Crippen LogP contribution in [0, 0.1) is 6.92 Å². The smallest absolute Gasteiger partial charge is 0.379 e.